The van der Waals surface area contributed by atoms with Crippen LogP contribution < -0.4 is 5.32 Å². The largest absolute Gasteiger partial charge is 0.396 e. The molecule has 0 aromatic rings. The standard InChI is InChI=1S/C11H23N3O6/c1-3-19-8-13(10(16)12-6-5-7-15)11(17)14(18)9-20-4-2/h15,18H,3-9H2,1-2H3,(H,12,16). The summed E-state index contributed by atoms with van der Waals surface area (Å²) < 4.78 is 9.89. The number of carbonyl (C=O) groups excluding carboxylic acids is 2. The number of nitrogens with zero attached hydrogens (tertiary/aromatic N) is 2. The molecule has 0 aliphatic rings. The second-order valence-corrected chi connectivity index (χ2v) is 3.66. The first-order valence-electron chi connectivity index (χ1n) is 6.40. The Balaban J connectivity index is 4.51. The summed E-state index contributed by atoms with van der Waals surface area (Å²) in [7, 11) is 0. The average Bonchev–Trinajstić information content (AvgIpc) is 2.45. The van der Waals surface area contributed by atoms with Crippen LogP contribution >= 0.6 is 0 Å². The average molecular weight is 293 g/mol. The van der Waals surface area contributed by atoms with Crippen LogP contribution in [-0.4, -0.2) is 72.2 Å². The maximum Gasteiger partial charge on any atom is 0.356 e. The molecule has 20 heavy (non-hydrogen) atoms. The molecule has 0 aliphatic carbocycles. The molecule has 0 aromatic carbocycles. The third kappa shape index (κ3) is 7.24. The molecule has 9 nitrogen and oxygen atoms in total. The summed E-state index contributed by atoms with van der Waals surface area (Å²) in [5, 5.41) is 20.8. The molecule has 0 bridgehead atoms. The highest BCUT2D eigenvalue weighted by Crippen LogP contribution is 1.99. The summed E-state index contributed by atoms with van der Waals surface area (Å²) in [5.74, 6) is 0. The Morgan fingerprint density at radius 2 is 1.75 bits per heavy atom. The highest BCUT2D eigenvalue weighted by Gasteiger charge is 2.25. The van der Waals surface area contributed by atoms with Crippen LogP contribution in [0.4, 0.5) is 9.59 Å². The lowest BCUT2D eigenvalue weighted by Gasteiger charge is -2.24. The summed E-state index contributed by atoms with van der Waals surface area (Å²) in [6.45, 7) is 3.55. The van der Waals surface area contributed by atoms with Gasteiger partial charge in [-0.05, 0) is 20.3 Å². The van der Waals surface area contributed by atoms with Gasteiger partial charge in [-0.15, -0.1) is 0 Å². The first-order chi connectivity index (χ1) is 9.58. The number of ether oxygens (including phenoxy) is 2. The van der Waals surface area contributed by atoms with E-state index in [1.165, 1.54) is 0 Å². The predicted molar refractivity (Wildman–Crippen MR) is 68.9 cm³/mol. The van der Waals surface area contributed by atoms with E-state index in [0.29, 0.717) is 24.5 Å². The fraction of sp³-hybridized carbons (Fsp3) is 0.818. The minimum absolute atomic E-state index is 0.0733. The van der Waals surface area contributed by atoms with Crippen molar-refractivity contribution in [3.63, 3.8) is 0 Å². The minimum atomic E-state index is -0.951. The van der Waals surface area contributed by atoms with Gasteiger partial charge < -0.3 is 19.9 Å². The van der Waals surface area contributed by atoms with E-state index < -0.39 is 12.1 Å². The van der Waals surface area contributed by atoms with Crippen LogP contribution in [0.25, 0.3) is 0 Å². The molecule has 0 aliphatic heterocycles. The lowest BCUT2D eigenvalue weighted by molar-refractivity contribution is -0.126. The molecule has 0 radical (unpaired) electrons. The predicted octanol–water partition coefficient (Wildman–Crippen LogP) is 0.180. The van der Waals surface area contributed by atoms with Gasteiger partial charge in [0.2, 0.25) is 0 Å². The third-order valence-electron chi connectivity index (χ3n) is 2.15. The number of aliphatic hydroxyl groups is 1. The molecule has 9 heteroatoms. The number of imide groups is 1. The van der Waals surface area contributed by atoms with Gasteiger partial charge in [0.05, 0.1) is 0 Å². The van der Waals surface area contributed by atoms with Gasteiger partial charge in [-0.2, -0.15) is 5.06 Å². The van der Waals surface area contributed by atoms with Crippen molar-refractivity contribution >= 4 is 12.1 Å². The lowest BCUT2D eigenvalue weighted by Crippen LogP contribution is -2.50. The maximum absolute atomic E-state index is 11.9. The number of amides is 4. The quantitative estimate of drug-likeness (QED) is 0.242. The number of nitrogens with one attached hydrogen (secondary N) is 1. The number of urea groups is 2. The van der Waals surface area contributed by atoms with Crippen molar-refractivity contribution < 1.29 is 29.4 Å². The summed E-state index contributed by atoms with van der Waals surface area (Å²) in [6.07, 6.45) is 0.365. The van der Waals surface area contributed by atoms with Crippen LogP contribution in [0.2, 0.25) is 0 Å². The Kier molecular flexibility index (Phi) is 10.6. The second-order valence-electron chi connectivity index (χ2n) is 3.66. The molecule has 0 spiro atoms. The van der Waals surface area contributed by atoms with E-state index in [1.54, 1.807) is 13.8 Å². The summed E-state index contributed by atoms with van der Waals surface area (Å²) >= 11 is 0. The SMILES string of the molecule is CCOCN(O)C(=O)N(COCC)C(=O)NCCCO. The van der Waals surface area contributed by atoms with Gasteiger partial charge in [0, 0.05) is 26.4 Å². The van der Waals surface area contributed by atoms with Crippen molar-refractivity contribution in [2.24, 2.45) is 0 Å². The first kappa shape index (κ1) is 18.6. The van der Waals surface area contributed by atoms with Crippen LogP contribution in [0.1, 0.15) is 20.3 Å². The van der Waals surface area contributed by atoms with Gasteiger partial charge >= 0.3 is 12.1 Å². The number of hydrogen-bond acceptors (Lipinski definition) is 6. The van der Waals surface area contributed by atoms with Gasteiger partial charge in [-0.1, -0.05) is 0 Å². The fourth-order valence-corrected chi connectivity index (χ4v) is 1.13. The normalized spacial score (nSPS) is 10.2. The van der Waals surface area contributed by atoms with Crippen LogP contribution in [0, 0.1) is 0 Å². The van der Waals surface area contributed by atoms with Crippen LogP contribution in [-0.2, 0) is 9.47 Å². The molecule has 0 saturated carbocycles. The van der Waals surface area contributed by atoms with Crippen LogP contribution in [0.5, 0.6) is 0 Å². The lowest BCUT2D eigenvalue weighted by atomic mass is 10.4. The van der Waals surface area contributed by atoms with Crippen molar-refractivity contribution in [2.45, 2.75) is 20.3 Å². The van der Waals surface area contributed by atoms with E-state index in [-0.39, 0.29) is 31.7 Å². The van der Waals surface area contributed by atoms with E-state index in [1.807, 2.05) is 0 Å². The van der Waals surface area contributed by atoms with Crippen molar-refractivity contribution in [3.8, 4) is 0 Å². The van der Waals surface area contributed by atoms with Crippen molar-refractivity contribution in [3.05, 3.63) is 0 Å². The van der Waals surface area contributed by atoms with E-state index in [2.05, 4.69) is 5.32 Å². The van der Waals surface area contributed by atoms with Gasteiger partial charge in [0.25, 0.3) is 0 Å². The van der Waals surface area contributed by atoms with Gasteiger partial charge in [0.15, 0.2) is 0 Å². The first-order valence-corrected chi connectivity index (χ1v) is 6.40. The molecule has 0 fully saturated rings. The third-order valence-corrected chi connectivity index (χ3v) is 2.15. The van der Waals surface area contributed by atoms with E-state index in [9.17, 15) is 14.8 Å². The number of hydrogen-bond donors (Lipinski definition) is 3. The highest BCUT2D eigenvalue weighted by atomic mass is 16.6. The summed E-state index contributed by atoms with van der Waals surface area (Å²) in [5.41, 5.74) is 0. The Bertz CT molecular complexity index is 289. The monoisotopic (exact) mass is 293 g/mol. The maximum atomic E-state index is 11.9. The van der Waals surface area contributed by atoms with Gasteiger partial charge in [-0.25, -0.2) is 14.5 Å². The molecule has 0 heterocycles. The smallest absolute Gasteiger partial charge is 0.356 e. The number of carbonyl (C=O) groups is 2. The summed E-state index contributed by atoms with van der Waals surface area (Å²) in [4.78, 5) is 24.4. The van der Waals surface area contributed by atoms with E-state index in [4.69, 9.17) is 14.6 Å². The van der Waals surface area contributed by atoms with Crippen molar-refractivity contribution in [1.82, 2.24) is 15.3 Å². The summed E-state index contributed by atoms with van der Waals surface area (Å²) in [6, 6.07) is -1.67. The Labute approximate surface area is 118 Å². The van der Waals surface area contributed by atoms with E-state index in [0.717, 1.165) is 0 Å². The highest BCUT2D eigenvalue weighted by molar-refractivity contribution is 5.92. The zero-order valence-electron chi connectivity index (χ0n) is 11.9. The minimum Gasteiger partial charge on any atom is -0.396 e. The Morgan fingerprint density at radius 1 is 1.15 bits per heavy atom. The van der Waals surface area contributed by atoms with Crippen molar-refractivity contribution in [2.75, 3.05) is 39.8 Å². The van der Waals surface area contributed by atoms with Gasteiger partial charge in [0.1, 0.15) is 13.5 Å². The molecule has 3 N–H and O–H groups in total. The molecule has 4 amide bonds. The second kappa shape index (κ2) is 11.4. The van der Waals surface area contributed by atoms with E-state index >= 15 is 0 Å². The number of aliphatic hydroxyl groups excluding tert-OH is 1. The van der Waals surface area contributed by atoms with Crippen molar-refractivity contribution in [1.29, 1.82) is 0 Å². The van der Waals surface area contributed by atoms with Gasteiger partial charge in [-0.3, -0.25) is 5.21 Å². The molecular formula is C11H23N3O6. The molecule has 0 rings (SSSR count). The molecule has 0 saturated heterocycles. The zero-order chi connectivity index (χ0) is 15.4. The molecule has 0 unspecified atom stereocenters. The molecule has 0 aromatic heterocycles. The topological polar surface area (TPSA) is 112 Å². The Hall–Kier alpha value is -1.42. The number of hydroxylamine groups is 2. The zero-order valence-corrected chi connectivity index (χ0v) is 11.9. The van der Waals surface area contributed by atoms with Crippen LogP contribution in [0.15, 0.2) is 0 Å². The Morgan fingerprint density at radius 3 is 2.30 bits per heavy atom. The van der Waals surface area contributed by atoms with Crippen LogP contribution in [0.3, 0.4) is 0 Å². The molecular weight excluding hydrogens is 270 g/mol. The fourth-order valence-electron chi connectivity index (χ4n) is 1.13. The molecule has 0 atom stereocenters. The molecule has 118 valence electrons. The number of rotatable bonds is 9.